The average Bonchev–Trinajstić information content (AvgIpc) is 2.94. The number of anilines is 1. The van der Waals surface area contributed by atoms with Crippen molar-refractivity contribution in [2.24, 2.45) is 5.73 Å². The normalized spacial score (nSPS) is 17.8. The zero-order chi connectivity index (χ0) is 15.5. The van der Waals surface area contributed by atoms with Crippen LogP contribution in [0.15, 0.2) is 30.3 Å². The van der Waals surface area contributed by atoms with Crippen LogP contribution in [0.3, 0.4) is 0 Å². The van der Waals surface area contributed by atoms with Gasteiger partial charge < -0.3 is 15.4 Å². The zero-order valence-electron chi connectivity index (χ0n) is 13.1. The molecule has 1 saturated heterocycles. The molecule has 0 aliphatic carbocycles. The number of hydrogen-bond donors (Lipinski definition) is 1. The van der Waals surface area contributed by atoms with E-state index < -0.39 is 0 Å². The van der Waals surface area contributed by atoms with Gasteiger partial charge in [-0.1, -0.05) is 12.1 Å². The van der Waals surface area contributed by atoms with E-state index in [1.165, 1.54) is 0 Å². The fraction of sp³-hybridized carbons (Fsp3) is 0.412. The van der Waals surface area contributed by atoms with Crippen molar-refractivity contribution in [2.45, 2.75) is 26.3 Å². The van der Waals surface area contributed by atoms with Gasteiger partial charge in [0.05, 0.1) is 12.3 Å². The molecule has 0 bridgehead atoms. The summed E-state index contributed by atoms with van der Waals surface area (Å²) < 4.78 is 5.57. The lowest BCUT2D eigenvalue weighted by Crippen LogP contribution is -2.27. The van der Waals surface area contributed by atoms with Gasteiger partial charge in [-0.2, -0.15) is 0 Å². The summed E-state index contributed by atoms with van der Waals surface area (Å²) in [5, 5.41) is 0. The SMILES string of the molecule is CCOc1cccc(-c2cc(C)nc(N3CCC(N)C3)n2)c1. The minimum absolute atomic E-state index is 0.217. The Morgan fingerprint density at radius 3 is 2.91 bits per heavy atom. The molecule has 1 aliphatic heterocycles. The highest BCUT2D eigenvalue weighted by molar-refractivity contribution is 5.63. The Hall–Kier alpha value is -2.14. The van der Waals surface area contributed by atoms with Crippen molar-refractivity contribution in [1.29, 1.82) is 0 Å². The maximum atomic E-state index is 5.99. The van der Waals surface area contributed by atoms with E-state index in [2.05, 4.69) is 9.88 Å². The van der Waals surface area contributed by atoms with E-state index in [0.717, 1.165) is 48.2 Å². The highest BCUT2D eigenvalue weighted by Crippen LogP contribution is 2.25. The number of aromatic nitrogens is 2. The van der Waals surface area contributed by atoms with Crippen LogP contribution in [-0.2, 0) is 0 Å². The largest absolute Gasteiger partial charge is 0.494 e. The molecule has 2 heterocycles. The van der Waals surface area contributed by atoms with Gasteiger partial charge in [-0.3, -0.25) is 0 Å². The van der Waals surface area contributed by atoms with Gasteiger partial charge >= 0.3 is 0 Å². The van der Waals surface area contributed by atoms with E-state index in [9.17, 15) is 0 Å². The van der Waals surface area contributed by atoms with Gasteiger partial charge in [0.1, 0.15) is 5.75 Å². The number of nitrogens with zero attached hydrogens (tertiary/aromatic N) is 3. The third-order valence-corrected chi connectivity index (χ3v) is 3.79. The van der Waals surface area contributed by atoms with Crippen molar-refractivity contribution in [1.82, 2.24) is 9.97 Å². The number of ether oxygens (including phenoxy) is 1. The van der Waals surface area contributed by atoms with Crippen LogP contribution < -0.4 is 15.4 Å². The molecule has 1 aliphatic rings. The molecule has 1 atom stereocenters. The van der Waals surface area contributed by atoms with Gasteiger partial charge in [0, 0.05) is 30.4 Å². The summed E-state index contributed by atoms with van der Waals surface area (Å²) in [6.07, 6.45) is 0.993. The van der Waals surface area contributed by atoms with Crippen LogP contribution >= 0.6 is 0 Å². The molecular weight excluding hydrogens is 276 g/mol. The topological polar surface area (TPSA) is 64.3 Å². The summed E-state index contributed by atoms with van der Waals surface area (Å²) in [5.41, 5.74) is 8.91. The number of benzene rings is 1. The molecule has 5 heteroatoms. The molecule has 22 heavy (non-hydrogen) atoms. The minimum atomic E-state index is 0.217. The van der Waals surface area contributed by atoms with E-state index >= 15 is 0 Å². The lowest BCUT2D eigenvalue weighted by molar-refractivity contribution is 0.340. The van der Waals surface area contributed by atoms with Crippen LogP contribution in [0.4, 0.5) is 5.95 Å². The first-order chi connectivity index (χ1) is 10.7. The van der Waals surface area contributed by atoms with Crippen LogP contribution in [0, 0.1) is 6.92 Å². The molecule has 1 aromatic heterocycles. The second-order valence-corrected chi connectivity index (χ2v) is 5.65. The predicted octanol–water partition coefficient (Wildman–Crippen LogP) is 2.39. The first-order valence-corrected chi connectivity index (χ1v) is 7.75. The standard InChI is InChI=1S/C17H22N4O/c1-3-22-15-6-4-5-13(10-15)16-9-12(2)19-17(20-16)21-8-7-14(18)11-21/h4-6,9-10,14H,3,7-8,11,18H2,1-2H3. The van der Waals surface area contributed by atoms with E-state index in [1.807, 2.05) is 44.2 Å². The van der Waals surface area contributed by atoms with Crippen LogP contribution in [0.2, 0.25) is 0 Å². The van der Waals surface area contributed by atoms with Crippen molar-refractivity contribution in [3.63, 3.8) is 0 Å². The monoisotopic (exact) mass is 298 g/mol. The molecule has 3 rings (SSSR count). The molecule has 0 radical (unpaired) electrons. The summed E-state index contributed by atoms with van der Waals surface area (Å²) >= 11 is 0. The smallest absolute Gasteiger partial charge is 0.226 e. The minimum Gasteiger partial charge on any atom is -0.494 e. The van der Waals surface area contributed by atoms with E-state index in [0.29, 0.717) is 6.61 Å². The Balaban J connectivity index is 1.93. The Labute approximate surface area is 131 Å². The van der Waals surface area contributed by atoms with Crippen LogP contribution in [0.25, 0.3) is 11.3 Å². The summed E-state index contributed by atoms with van der Waals surface area (Å²) in [6, 6.07) is 10.2. The molecule has 0 amide bonds. The molecular formula is C17H22N4O. The highest BCUT2D eigenvalue weighted by atomic mass is 16.5. The lowest BCUT2D eigenvalue weighted by atomic mass is 10.1. The van der Waals surface area contributed by atoms with Gasteiger partial charge in [0.25, 0.3) is 0 Å². The molecule has 1 aromatic carbocycles. The molecule has 0 saturated carbocycles. The molecule has 1 fully saturated rings. The second-order valence-electron chi connectivity index (χ2n) is 5.65. The lowest BCUT2D eigenvalue weighted by Gasteiger charge is -2.17. The summed E-state index contributed by atoms with van der Waals surface area (Å²) in [7, 11) is 0. The van der Waals surface area contributed by atoms with Crippen molar-refractivity contribution >= 4 is 5.95 Å². The van der Waals surface area contributed by atoms with Gasteiger partial charge in [0.15, 0.2) is 0 Å². The Morgan fingerprint density at radius 1 is 1.32 bits per heavy atom. The van der Waals surface area contributed by atoms with E-state index in [1.54, 1.807) is 0 Å². The van der Waals surface area contributed by atoms with Gasteiger partial charge in [-0.15, -0.1) is 0 Å². The molecule has 1 unspecified atom stereocenters. The number of nitrogens with two attached hydrogens (primary N) is 1. The second kappa shape index (κ2) is 6.32. The third kappa shape index (κ3) is 3.20. The maximum absolute atomic E-state index is 5.99. The van der Waals surface area contributed by atoms with Crippen LogP contribution in [0.1, 0.15) is 19.0 Å². The summed E-state index contributed by atoms with van der Waals surface area (Å²) in [4.78, 5) is 11.4. The zero-order valence-corrected chi connectivity index (χ0v) is 13.1. The van der Waals surface area contributed by atoms with E-state index in [-0.39, 0.29) is 6.04 Å². The fourth-order valence-electron chi connectivity index (χ4n) is 2.72. The van der Waals surface area contributed by atoms with Crippen LogP contribution in [-0.4, -0.2) is 35.7 Å². The molecule has 5 nitrogen and oxygen atoms in total. The average molecular weight is 298 g/mol. The number of aryl methyl sites for hydroxylation is 1. The molecule has 116 valence electrons. The Morgan fingerprint density at radius 2 is 2.18 bits per heavy atom. The van der Waals surface area contributed by atoms with Crippen molar-refractivity contribution < 1.29 is 4.74 Å². The summed E-state index contributed by atoms with van der Waals surface area (Å²) in [5.74, 6) is 1.63. The van der Waals surface area contributed by atoms with Crippen molar-refractivity contribution in [2.75, 3.05) is 24.6 Å². The Bertz CT molecular complexity index is 659. The third-order valence-electron chi connectivity index (χ3n) is 3.79. The summed E-state index contributed by atoms with van der Waals surface area (Å²) in [6.45, 7) is 6.38. The fourth-order valence-corrected chi connectivity index (χ4v) is 2.72. The van der Waals surface area contributed by atoms with Crippen molar-refractivity contribution in [3.05, 3.63) is 36.0 Å². The Kier molecular flexibility index (Phi) is 4.24. The molecule has 0 spiro atoms. The van der Waals surface area contributed by atoms with Gasteiger partial charge in [-0.05, 0) is 38.5 Å². The molecule has 2 N–H and O–H groups in total. The first-order valence-electron chi connectivity index (χ1n) is 7.75. The van der Waals surface area contributed by atoms with Crippen LogP contribution in [0.5, 0.6) is 5.75 Å². The number of hydrogen-bond acceptors (Lipinski definition) is 5. The highest BCUT2D eigenvalue weighted by Gasteiger charge is 2.22. The van der Waals surface area contributed by atoms with Gasteiger partial charge in [0.2, 0.25) is 5.95 Å². The quantitative estimate of drug-likeness (QED) is 0.939. The van der Waals surface area contributed by atoms with E-state index in [4.69, 9.17) is 15.5 Å². The van der Waals surface area contributed by atoms with Crippen molar-refractivity contribution in [3.8, 4) is 17.0 Å². The molecule has 2 aromatic rings. The maximum Gasteiger partial charge on any atom is 0.226 e. The number of rotatable bonds is 4. The first kappa shape index (κ1) is 14.8. The van der Waals surface area contributed by atoms with Gasteiger partial charge in [-0.25, -0.2) is 9.97 Å². The predicted molar refractivity (Wildman–Crippen MR) is 88.2 cm³/mol.